The quantitative estimate of drug-likeness (QED) is 0.591. The Hall–Kier alpha value is -1.84. The number of carbonyl (C=O) groups is 1. The summed E-state index contributed by atoms with van der Waals surface area (Å²) in [5.41, 5.74) is 0.0712. The number of amides is 1. The first kappa shape index (κ1) is 11.2. The van der Waals surface area contributed by atoms with Gasteiger partial charge in [-0.05, 0) is 18.6 Å². The topological polar surface area (TPSA) is 49.3 Å². The van der Waals surface area contributed by atoms with Crippen LogP contribution in [0.5, 0.6) is 5.75 Å². The molecule has 1 amide bonds. The molecular weight excluding hydrogens is 197 g/mol. The second kappa shape index (κ2) is 5.14. The van der Waals surface area contributed by atoms with Crippen molar-refractivity contribution >= 4 is 11.6 Å². The van der Waals surface area contributed by atoms with Crippen molar-refractivity contribution in [3.8, 4) is 5.75 Å². The van der Waals surface area contributed by atoms with E-state index in [-0.39, 0.29) is 23.8 Å². The molecule has 0 aliphatic carbocycles. The SMILES string of the molecule is C=CCCC(=O)Nc1ccc(O)cc1F. The van der Waals surface area contributed by atoms with Crippen LogP contribution < -0.4 is 5.32 Å². The molecule has 0 saturated heterocycles. The van der Waals surface area contributed by atoms with E-state index in [1.165, 1.54) is 12.1 Å². The van der Waals surface area contributed by atoms with Gasteiger partial charge in [0, 0.05) is 12.5 Å². The maximum Gasteiger partial charge on any atom is 0.224 e. The summed E-state index contributed by atoms with van der Waals surface area (Å²) in [4.78, 5) is 11.2. The Kier molecular flexibility index (Phi) is 3.85. The number of hydrogen-bond acceptors (Lipinski definition) is 2. The fourth-order valence-corrected chi connectivity index (χ4v) is 1.05. The van der Waals surface area contributed by atoms with Gasteiger partial charge in [-0.3, -0.25) is 4.79 Å². The fraction of sp³-hybridized carbons (Fsp3) is 0.182. The second-order valence-electron chi connectivity index (χ2n) is 3.04. The van der Waals surface area contributed by atoms with Gasteiger partial charge in [0.25, 0.3) is 0 Å². The summed E-state index contributed by atoms with van der Waals surface area (Å²) in [6, 6.07) is 3.58. The Morgan fingerprint density at radius 1 is 1.60 bits per heavy atom. The molecular formula is C11H12FNO2. The van der Waals surface area contributed by atoms with Crippen LogP contribution in [0.2, 0.25) is 0 Å². The van der Waals surface area contributed by atoms with E-state index >= 15 is 0 Å². The fourth-order valence-electron chi connectivity index (χ4n) is 1.05. The van der Waals surface area contributed by atoms with Crippen molar-refractivity contribution in [2.45, 2.75) is 12.8 Å². The molecule has 1 aromatic rings. The van der Waals surface area contributed by atoms with E-state index in [1.54, 1.807) is 6.08 Å². The molecule has 0 bridgehead atoms. The number of nitrogens with one attached hydrogen (secondary N) is 1. The van der Waals surface area contributed by atoms with Crippen LogP contribution >= 0.6 is 0 Å². The summed E-state index contributed by atoms with van der Waals surface area (Å²) in [5.74, 6) is -1.10. The van der Waals surface area contributed by atoms with E-state index in [9.17, 15) is 9.18 Å². The normalized spacial score (nSPS) is 9.67. The molecule has 0 aliphatic heterocycles. The Bertz CT molecular complexity index is 377. The molecule has 1 aromatic carbocycles. The summed E-state index contributed by atoms with van der Waals surface area (Å²) in [6.45, 7) is 3.48. The van der Waals surface area contributed by atoms with Gasteiger partial charge in [-0.15, -0.1) is 6.58 Å². The second-order valence-corrected chi connectivity index (χ2v) is 3.04. The predicted octanol–water partition coefficient (Wildman–Crippen LogP) is 2.44. The molecule has 0 radical (unpaired) electrons. The van der Waals surface area contributed by atoms with Crippen molar-refractivity contribution in [3.63, 3.8) is 0 Å². The zero-order valence-electron chi connectivity index (χ0n) is 8.16. The Morgan fingerprint density at radius 3 is 2.93 bits per heavy atom. The van der Waals surface area contributed by atoms with Crippen LogP contribution in [0.25, 0.3) is 0 Å². The molecule has 4 heteroatoms. The standard InChI is InChI=1S/C11H12FNO2/c1-2-3-4-11(15)13-10-6-5-8(14)7-9(10)12/h2,5-7,14H,1,3-4H2,(H,13,15). The molecule has 0 heterocycles. The van der Waals surface area contributed by atoms with Crippen LogP contribution in [0.1, 0.15) is 12.8 Å². The molecule has 0 fully saturated rings. The van der Waals surface area contributed by atoms with Crippen molar-refractivity contribution in [1.82, 2.24) is 0 Å². The first-order chi connectivity index (χ1) is 7.13. The third-order valence-electron chi connectivity index (χ3n) is 1.80. The molecule has 80 valence electrons. The lowest BCUT2D eigenvalue weighted by Gasteiger charge is -2.05. The third-order valence-corrected chi connectivity index (χ3v) is 1.80. The lowest BCUT2D eigenvalue weighted by Crippen LogP contribution is -2.11. The summed E-state index contributed by atoms with van der Waals surface area (Å²) >= 11 is 0. The molecule has 3 nitrogen and oxygen atoms in total. The molecule has 0 unspecified atom stereocenters. The highest BCUT2D eigenvalue weighted by Gasteiger charge is 2.06. The van der Waals surface area contributed by atoms with Crippen LogP contribution in [0.4, 0.5) is 10.1 Å². The molecule has 0 spiro atoms. The average Bonchev–Trinajstić information content (AvgIpc) is 2.19. The van der Waals surface area contributed by atoms with Crippen LogP contribution in [-0.4, -0.2) is 11.0 Å². The van der Waals surface area contributed by atoms with Gasteiger partial charge in [-0.1, -0.05) is 6.08 Å². The summed E-state index contributed by atoms with van der Waals surface area (Å²) < 4.78 is 13.1. The van der Waals surface area contributed by atoms with Crippen LogP contribution in [0.3, 0.4) is 0 Å². The number of phenolic OH excluding ortho intramolecular Hbond substituents is 1. The highest BCUT2D eigenvalue weighted by atomic mass is 19.1. The van der Waals surface area contributed by atoms with Gasteiger partial charge in [0.2, 0.25) is 5.91 Å². The van der Waals surface area contributed by atoms with Crippen molar-refractivity contribution < 1.29 is 14.3 Å². The van der Waals surface area contributed by atoms with E-state index in [0.717, 1.165) is 6.07 Å². The lowest BCUT2D eigenvalue weighted by atomic mass is 10.2. The van der Waals surface area contributed by atoms with E-state index in [1.807, 2.05) is 0 Å². The Balaban J connectivity index is 2.64. The highest BCUT2D eigenvalue weighted by Crippen LogP contribution is 2.19. The largest absolute Gasteiger partial charge is 0.508 e. The van der Waals surface area contributed by atoms with Crippen LogP contribution in [0, 0.1) is 5.82 Å². The van der Waals surface area contributed by atoms with E-state index in [0.29, 0.717) is 6.42 Å². The molecule has 0 aliphatic rings. The monoisotopic (exact) mass is 209 g/mol. The zero-order chi connectivity index (χ0) is 11.3. The summed E-state index contributed by atoms with van der Waals surface area (Å²) in [6.07, 6.45) is 2.43. The van der Waals surface area contributed by atoms with Crippen LogP contribution in [-0.2, 0) is 4.79 Å². The number of carbonyl (C=O) groups excluding carboxylic acids is 1. The van der Waals surface area contributed by atoms with Gasteiger partial charge in [-0.2, -0.15) is 0 Å². The number of phenols is 1. The predicted molar refractivity (Wildman–Crippen MR) is 56.1 cm³/mol. The summed E-state index contributed by atoms with van der Waals surface area (Å²) in [7, 11) is 0. The summed E-state index contributed by atoms with van der Waals surface area (Å²) in [5, 5.41) is 11.3. The number of benzene rings is 1. The first-order valence-corrected chi connectivity index (χ1v) is 4.52. The molecule has 15 heavy (non-hydrogen) atoms. The van der Waals surface area contributed by atoms with Crippen molar-refractivity contribution in [3.05, 3.63) is 36.7 Å². The van der Waals surface area contributed by atoms with E-state index in [4.69, 9.17) is 5.11 Å². The molecule has 0 aromatic heterocycles. The first-order valence-electron chi connectivity index (χ1n) is 4.52. The Labute approximate surface area is 87.2 Å². The van der Waals surface area contributed by atoms with Gasteiger partial charge < -0.3 is 10.4 Å². The van der Waals surface area contributed by atoms with Crippen molar-refractivity contribution in [2.75, 3.05) is 5.32 Å². The van der Waals surface area contributed by atoms with Gasteiger partial charge in [0.05, 0.1) is 5.69 Å². The maximum atomic E-state index is 13.1. The maximum absolute atomic E-state index is 13.1. The Morgan fingerprint density at radius 2 is 2.33 bits per heavy atom. The third kappa shape index (κ3) is 3.42. The van der Waals surface area contributed by atoms with Crippen molar-refractivity contribution in [1.29, 1.82) is 0 Å². The minimum absolute atomic E-state index is 0.0712. The number of halogens is 1. The molecule has 2 N–H and O–H groups in total. The number of aromatic hydroxyl groups is 1. The van der Waals surface area contributed by atoms with Gasteiger partial charge >= 0.3 is 0 Å². The minimum Gasteiger partial charge on any atom is -0.508 e. The average molecular weight is 209 g/mol. The lowest BCUT2D eigenvalue weighted by molar-refractivity contribution is -0.116. The molecule has 1 rings (SSSR count). The van der Waals surface area contributed by atoms with Crippen molar-refractivity contribution in [2.24, 2.45) is 0 Å². The van der Waals surface area contributed by atoms with E-state index < -0.39 is 5.82 Å². The van der Waals surface area contributed by atoms with Gasteiger partial charge in [-0.25, -0.2) is 4.39 Å². The smallest absolute Gasteiger partial charge is 0.224 e. The number of anilines is 1. The zero-order valence-corrected chi connectivity index (χ0v) is 8.16. The molecule has 0 saturated carbocycles. The van der Waals surface area contributed by atoms with Crippen LogP contribution in [0.15, 0.2) is 30.9 Å². The highest BCUT2D eigenvalue weighted by molar-refractivity contribution is 5.90. The van der Waals surface area contributed by atoms with Gasteiger partial charge in [0.15, 0.2) is 0 Å². The van der Waals surface area contributed by atoms with Gasteiger partial charge in [0.1, 0.15) is 11.6 Å². The molecule has 0 atom stereocenters. The minimum atomic E-state index is -0.651. The number of hydrogen-bond donors (Lipinski definition) is 2. The number of allylic oxidation sites excluding steroid dienone is 1. The number of rotatable bonds is 4. The van der Waals surface area contributed by atoms with E-state index in [2.05, 4.69) is 11.9 Å².